The van der Waals surface area contributed by atoms with E-state index in [-0.39, 0.29) is 16.0 Å². The van der Waals surface area contributed by atoms with E-state index in [0.29, 0.717) is 5.69 Å². The Labute approximate surface area is 112 Å². The van der Waals surface area contributed by atoms with Crippen LogP contribution in [-0.4, -0.2) is 11.1 Å². The van der Waals surface area contributed by atoms with Crippen molar-refractivity contribution in [1.29, 1.82) is 0 Å². The van der Waals surface area contributed by atoms with E-state index in [1.54, 1.807) is 0 Å². The van der Waals surface area contributed by atoms with Crippen molar-refractivity contribution >= 4 is 34.8 Å². The molecule has 98 valence electrons. The van der Waals surface area contributed by atoms with Crippen LogP contribution >= 0.6 is 23.2 Å². The number of hydrogen-bond donors (Lipinski definition) is 2. The van der Waals surface area contributed by atoms with Gasteiger partial charge < -0.3 is 5.32 Å². The van der Waals surface area contributed by atoms with Gasteiger partial charge in [-0.2, -0.15) is 0 Å². The molecule has 0 saturated carbocycles. The standard InChI is InChI=1S/C7H6Cl2N2O2.2C2H6/c1-4(12)10-7-5(8)2-11(13)3-6(7)9;2*1-2/h2-3,13H,1H3;2*1-2H3/p+1. The number of carbonyl (C=O) groups excluding carboxylic acids is 1. The number of hydrogen-bond acceptors (Lipinski definition) is 2. The SMILES string of the molecule is CC.CC.CC(=O)Nc1c(Cl)c[n+](O)cc1Cl. The van der Waals surface area contributed by atoms with Gasteiger partial charge >= 0.3 is 0 Å². The van der Waals surface area contributed by atoms with Crippen molar-refractivity contribution in [3.05, 3.63) is 22.4 Å². The van der Waals surface area contributed by atoms with E-state index in [2.05, 4.69) is 5.32 Å². The molecule has 6 heteroatoms. The highest BCUT2D eigenvalue weighted by Gasteiger charge is 2.14. The van der Waals surface area contributed by atoms with Crippen LogP contribution in [0, 0.1) is 0 Å². The van der Waals surface area contributed by atoms with Gasteiger partial charge in [-0.15, -0.1) is 0 Å². The molecule has 0 spiro atoms. The monoisotopic (exact) mass is 281 g/mol. The van der Waals surface area contributed by atoms with E-state index in [0.717, 1.165) is 4.73 Å². The molecule has 1 aromatic heterocycles. The Hall–Kier alpha value is -1.00. The first kappa shape index (κ1) is 18.4. The fourth-order valence-electron chi connectivity index (χ4n) is 0.808. The highest BCUT2D eigenvalue weighted by Crippen LogP contribution is 2.27. The van der Waals surface area contributed by atoms with Gasteiger partial charge in [0, 0.05) is 11.7 Å². The van der Waals surface area contributed by atoms with E-state index in [9.17, 15) is 4.79 Å². The highest BCUT2D eigenvalue weighted by atomic mass is 35.5. The lowest BCUT2D eigenvalue weighted by Gasteiger charge is -2.03. The minimum Gasteiger partial charge on any atom is -0.323 e. The number of amides is 1. The molecule has 1 amide bonds. The third-order valence-electron chi connectivity index (χ3n) is 1.27. The fourth-order valence-corrected chi connectivity index (χ4v) is 1.35. The normalized spacial score (nSPS) is 8.18. The molecule has 0 aliphatic rings. The molecule has 0 aromatic carbocycles. The molecule has 0 aliphatic heterocycles. The zero-order valence-electron chi connectivity index (χ0n) is 10.7. The third kappa shape index (κ3) is 7.02. The molecule has 0 bridgehead atoms. The lowest BCUT2D eigenvalue weighted by molar-refractivity contribution is -0.904. The van der Waals surface area contributed by atoms with Crippen LogP contribution in [0.4, 0.5) is 5.69 Å². The number of nitrogens with zero attached hydrogens (tertiary/aromatic N) is 1. The number of carbonyl (C=O) groups is 1. The van der Waals surface area contributed by atoms with Crippen LogP contribution in [-0.2, 0) is 4.79 Å². The molecule has 0 aliphatic carbocycles. The molecule has 17 heavy (non-hydrogen) atoms. The minimum absolute atomic E-state index is 0.171. The number of halogens is 2. The number of aromatic nitrogens is 1. The molecular formula is C11H19Cl2N2O2+. The Balaban J connectivity index is 0. The lowest BCUT2D eigenvalue weighted by Crippen LogP contribution is -2.29. The fraction of sp³-hybridized carbons (Fsp3) is 0.455. The second-order valence-corrected chi connectivity index (χ2v) is 3.20. The van der Waals surface area contributed by atoms with Crippen molar-refractivity contribution in [3.63, 3.8) is 0 Å². The summed E-state index contributed by atoms with van der Waals surface area (Å²) in [7, 11) is 0. The van der Waals surface area contributed by atoms with E-state index in [4.69, 9.17) is 28.4 Å². The van der Waals surface area contributed by atoms with Gasteiger partial charge in [-0.25, -0.2) is 0 Å². The first-order chi connectivity index (χ1) is 8.00. The van der Waals surface area contributed by atoms with Gasteiger partial charge in [-0.3, -0.25) is 10.0 Å². The van der Waals surface area contributed by atoms with Crippen LogP contribution in [0.3, 0.4) is 0 Å². The largest absolute Gasteiger partial charge is 0.323 e. The van der Waals surface area contributed by atoms with Crippen molar-refractivity contribution < 1.29 is 14.7 Å². The van der Waals surface area contributed by atoms with Crippen LogP contribution in [0.25, 0.3) is 0 Å². The van der Waals surface area contributed by atoms with Gasteiger partial charge in [0.1, 0.15) is 10.0 Å². The summed E-state index contributed by atoms with van der Waals surface area (Å²) in [5.74, 6) is -0.278. The van der Waals surface area contributed by atoms with Crippen LogP contribution in [0.2, 0.25) is 10.0 Å². The molecular weight excluding hydrogens is 263 g/mol. The molecule has 1 aromatic rings. The van der Waals surface area contributed by atoms with E-state index in [1.165, 1.54) is 19.3 Å². The highest BCUT2D eigenvalue weighted by molar-refractivity contribution is 6.39. The van der Waals surface area contributed by atoms with Crippen molar-refractivity contribution in [2.75, 3.05) is 5.32 Å². The molecule has 0 atom stereocenters. The Morgan fingerprint density at radius 2 is 1.53 bits per heavy atom. The van der Waals surface area contributed by atoms with Gasteiger partial charge in [-0.1, -0.05) is 50.9 Å². The van der Waals surface area contributed by atoms with Crippen molar-refractivity contribution in [2.24, 2.45) is 0 Å². The number of nitrogens with one attached hydrogen (secondary N) is 1. The smallest absolute Gasteiger partial charge is 0.243 e. The third-order valence-corrected chi connectivity index (χ3v) is 1.84. The average molecular weight is 282 g/mol. The molecule has 0 unspecified atom stereocenters. The molecule has 1 rings (SSSR count). The van der Waals surface area contributed by atoms with Gasteiger partial charge in [0.25, 0.3) is 0 Å². The maximum atomic E-state index is 10.7. The number of anilines is 1. The summed E-state index contributed by atoms with van der Waals surface area (Å²) in [6, 6.07) is 0. The number of rotatable bonds is 1. The van der Waals surface area contributed by atoms with E-state index >= 15 is 0 Å². The van der Waals surface area contributed by atoms with E-state index < -0.39 is 0 Å². The minimum atomic E-state index is -0.278. The van der Waals surface area contributed by atoms with Crippen LogP contribution in [0.5, 0.6) is 0 Å². The summed E-state index contributed by atoms with van der Waals surface area (Å²) < 4.78 is 0.718. The first-order valence-corrected chi connectivity index (χ1v) is 6.13. The summed E-state index contributed by atoms with van der Waals surface area (Å²) in [5, 5.41) is 11.8. The van der Waals surface area contributed by atoms with Crippen molar-refractivity contribution in [3.8, 4) is 0 Å². The van der Waals surface area contributed by atoms with E-state index in [1.807, 2.05) is 27.7 Å². The summed E-state index contributed by atoms with van der Waals surface area (Å²) >= 11 is 11.4. The van der Waals surface area contributed by atoms with Crippen LogP contribution in [0.15, 0.2) is 12.4 Å². The summed E-state index contributed by atoms with van der Waals surface area (Å²) in [4.78, 5) is 10.7. The average Bonchev–Trinajstić information content (AvgIpc) is 2.29. The zero-order valence-corrected chi connectivity index (χ0v) is 12.2. The maximum Gasteiger partial charge on any atom is 0.243 e. The zero-order chi connectivity index (χ0) is 14.0. The summed E-state index contributed by atoms with van der Waals surface area (Å²) in [6.07, 6.45) is 2.44. The molecule has 4 nitrogen and oxygen atoms in total. The molecule has 0 fully saturated rings. The van der Waals surface area contributed by atoms with Crippen LogP contribution in [0.1, 0.15) is 34.6 Å². The van der Waals surface area contributed by atoms with Gasteiger partial charge in [0.2, 0.25) is 18.3 Å². The summed E-state index contributed by atoms with van der Waals surface area (Å²) in [5.41, 5.74) is 0.293. The van der Waals surface area contributed by atoms with Gasteiger partial charge in [0.05, 0.1) is 5.69 Å². The Kier molecular flexibility index (Phi) is 11.0. The van der Waals surface area contributed by atoms with Gasteiger partial charge in [-0.05, 0) is 0 Å². The first-order valence-electron chi connectivity index (χ1n) is 5.38. The topological polar surface area (TPSA) is 53.2 Å². The Morgan fingerprint density at radius 1 is 1.18 bits per heavy atom. The predicted molar refractivity (Wildman–Crippen MR) is 70.8 cm³/mol. The van der Waals surface area contributed by atoms with Gasteiger partial charge in [0.15, 0.2) is 0 Å². The summed E-state index contributed by atoms with van der Waals surface area (Å²) in [6.45, 7) is 9.34. The lowest BCUT2D eigenvalue weighted by atomic mass is 10.4. The van der Waals surface area contributed by atoms with Crippen molar-refractivity contribution in [1.82, 2.24) is 0 Å². The van der Waals surface area contributed by atoms with Crippen molar-refractivity contribution in [2.45, 2.75) is 34.6 Å². The molecule has 0 radical (unpaired) electrons. The maximum absolute atomic E-state index is 10.7. The molecule has 2 N–H and O–H groups in total. The molecule has 0 saturated heterocycles. The van der Waals surface area contributed by atoms with Crippen LogP contribution < -0.4 is 10.0 Å². The second-order valence-electron chi connectivity index (χ2n) is 2.39. The molecule has 1 heterocycles. The quantitative estimate of drug-likeness (QED) is 0.611. The second kappa shape index (κ2) is 10.2. The Morgan fingerprint density at radius 3 is 1.82 bits per heavy atom. The predicted octanol–water partition coefficient (Wildman–Crippen LogP) is 3.53. The Bertz CT molecular complexity index is 334. The number of pyridine rings is 1.